The molecule has 1 N–H and O–H groups in total. The Morgan fingerprint density at radius 1 is 1.03 bits per heavy atom. The van der Waals surface area contributed by atoms with Crippen molar-refractivity contribution in [3.8, 4) is 27.6 Å². The van der Waals surface area contributed by atoms with Gasteiger partial charge in [-0.05, 0) is 57.0 Å². The van der Waals surface area contributed by atoms with E-state index in [-0.39, 0.29) is 18.4 Å². The number of carbonyl (C=O) groups excluding carboxylic acids is 2. The minimum absolute atomic E-state index is 0.110. The van der Waals surface area contributed by atoms with Crippen LogP contribution in [0.3, 0.4) is 0 Å². The molecule has 0 aliphatic carbocycles. The highest BCUT2D eigenvalue weighted by molar-refractivity contribution is 7.13. The number of aromatic nitrogens is 1. The number of hydrogen-bond donors (Lipinski definition) is 1. The van der Waals surface area contributed by atoms with Gasteiger partial charge in [-0.1, -0.05) is 48.0 Å². The summed E-state index contributed by atoms with van der Waals surface area (Å²) in [6.07, 6.45) is 0. The van der Waals surface area contributed by atoms with Crippen LogP contribution in [0.15, 0.2) is 66.0 Å². The van der Waals surface area contributed by atoms with E-state index in [2.05, 4.69) is 5.32 Å². The molecule has 1 aliphatic rings. The first-order chi connectivity index (χ1) is 17.3. The van der Waals surface area contributed by atoms with Crippen LogP contribution >= 0.6 is 11.3 Å². The normalized spacial score (nSPS) is 13.7. The average Bonchev–Trinajstić information content (AvgIpc) is 3.36. The van der Waals surface area contributed by atoms with E-state index in [1.807, 2.05) is 86.8 Å². The molecule has 7 heteroatoms. The molecule has 1 unspecified atom stereocenters. The van der Waals surface area contributed by atoms with Gasteiger partial charge < -0.3 is 10.1 Å². The third-order valence-electron chi connectivity index (χ3n) is 6.35. The summed E-state index contributed by atoms with van der Waals surface area (Å²) < 4.78 is 5.69. The van der Waals surface area contributed by atoms with Crippen molar-refractivity contribution in [2.75, 3.05) is 16.8 Å². The second-order valence-electron chi connectivity index (χ2n) is 9.08. The van der Waals surface area contributed by atoms with Crippen molar-refractivity contribution < 1.29 is 14.3 Å². The second-order valence-corrected chi connectivity index (χ2v) is 9.94. The minimum Gasteiger partial charge on any atom is -0.482 e. The number of anilines is 2. The molecule has 0 saturated heterocycles. The van der Waals surface area contributed by atoms with Crippen LogP contribution in [0.25, 0.3) is 21.8 Å². The highest BCUT2D eigenvalue weighted by Gasteiger charge is 2.34. The van der Waals surface area contributed by atoms with Gasteiger partial charge in [0.15, 0.2) is 6.61 Å². The minimum atomic E-state index is -0.731. The van der Waals surface area contributed by atoms with Crippen LogP contribution < -0.4 is 15.0 Å². The summed E-state index contributed by atoms with van der Waals surface area (Å²) in [5.74, 6) is 0.0544. The number of thiazole rings is 1. The maximum atomic E-state index is 13.3. The van der Waals surface area contributed by atoms with Crippen molar-refractivity contribution in [3.63, 3.8) is 0 Å². The number of aryl methyl sites for hydroxylation is 3. The Morgan fingerprint density at radius 2 is 1.75 bits per heavy atom. The average molecular weight is 498 g/mol. The van der Waals surface area contributed by atoms with Gasteiger partial charge in [-0.25, -0.2) is 4.98 Å². The maximum absolute atomic E-state index is 13.3. The third kappa shape index (κ3) is 4.50. The number of rotatable bonds is 5. The summed E-state index contributed by atoms with van der Waals surface area (Å²) in [7, 11) is 0. The molecule has 6 nitrogen and oxygen atoms in total. The van der Waals surface area contributed by atoms with Gasteiger partial charge in [0.1, 0.15) is 16.8 Å². The Balaban J connectivity index is 1.45. The van der Waals surface area contributed by atoms with Gasteiger partial charge in [0.05, 0.1) is 11.4 Å². The van der Waals surface area contributed by atoms with Crippen LogP contribution in [-0.4, -0.2) is 29.4 Å². The number of ether oxygens (including phenoxy) is 1. The molecule has 1 atom stereocenters. The standard InChI is InChI=1S/C29H27N3O3S/c1-17-12-18(2)27(19(3)13-17)31-28(34)20(4)32-24-14-22(10-11-25(24)35-15-26(32)33)23-16-36-29(30-23)21-8-6-5-7-9-21/h5-14,16,20H,15H2,1-4H3,(H,31,34). The molecule has 3 aromatic carbocycles. The molecule has 1 aliphatic heterocycles. The van der Waals surface area contributed by atoms with E-state index >= 15 is 0 Å². The molecule has 0 spiro atoms. The molecule has 0 saturated carbocycles. The Bertz CT molecular complexity index is 1440. The summed E-state index contributed by atoms with van der Waals surface area (Å²) in [5.41, 5.74) is 7.18. The van der Waals surface area contributed by atoms with Gasteiger partial charge in [0.25, 0.3) is 5.91 Å². The van der Waals surface area contributed by atoms with E-state index in [0.29, 0.717) is 11.4 Å². The number of carbonyl (C=O) groups is 2. The topological polar surface area (TPSA) is 71.5 Å². The van der Waals surface area contributed by atoms with Crippen LogP contribution in [-0.2, 0) is 9.59 Å². The number of amides is 2. The number of benzene rings is 3. The Morgan fingerprint density at radius 3 is 2.47 bits per heavy atom. The van der Waals surface area contributed by atoms with Crippen molar-refractivity contribution in [2.45, 2.75) is 33.7 Å². The van der Waals surface area contributed by atoms with Gasteiger partial charge in [-0.2, -0.15) is 0 Å². The molecule has 0 bridgehead atoms. The molecule has 0 fully saturated rings. The first kappa shape index (κ1) is 23.8. The van der Waals surface area contributed by atoms with Crippen LogP contribution in [0.5, 0.6) is 5.75 Å². The number of hydrogen-bond acceptors (Lipinski definition) is 5. The van der Waals surface area contributed by atoms with Crippen molar-refractivity contribution in [2.24, 2.45) is 0 Å². The molecule has 2 heterocycles. The molecule has 2 amide bonds. The zero-order valence-corrected chi connectivity index (χ0v) is 21.5. The summed E-state index contributed by atoms with van der Waals surface area (Å²) in [6.45, 7) is 7.60. The van der Waals surface area contributed by atoms with Crippen LogP contribution in [0.2, 0.25) is 0 Å². The quantitative estimate of drug-likeness (QED) is 0.359. The fourth-order valence-electron chi connectivity index (χ4n) is 4.60. The first-order valence-electron chi connectivity index (χ1n) is 11.8. The molecule has 1 aromatic heterocycles. The Kier molecular flexibility index (Phi) is 6.33. The summed E-state index contributed by atoms with van der Waals surface area (Å²) in [4.78, 5) is 32.6. The van der Waals surface area contributed by atoms with Gasteiger partial charge >= 0.3 is 0 Å². The third-order valence-corrected chi connectivity index (χ3v) is 7.24. The zero-order chi connectivity index (χ0) is 25.4. The lowest BCUT2D eigenvalue weighted by atomic mass is 10.0. The van der Waals surface area contributed by atoms with Crippen molar-refractivity contribution >= 4 is 34.5 Å². The van der Waals surface area contributed by atoms with Crippen molar-refractivity contribution in [1.82, 2.24) is 4.98 Å². The SMILES string of the molecule is Cc1cc(C)c(NC(=O)C(C)N2C(=O)COc3ccc(-c4csc(-c5ccccc5)n4)cc32)c(C)c1. The predicted molar refractivity (Wildman–Crippen MR) is 145 cm³/mol. The van der Waals surface area contributed by atoms with Crippen LogP contribution in [0.1, 0.15) is 23.6 Å². The lowest BCUT2D eigenvalue weighted by Gasteiger charge is -2.33. The van der Waals surface area contributed by atoms with Gasteiger partial charge in [0, 0.05) is 22.2 Å². The monoisotopic (exact) mass is 497 g/mol. The highest BCUT2D eigenvalue weighted by atomic mass is 32.1. The largest absolute Gasteiger partial charge is 0.482 e. The fraction of sp³-hybridized carbons (Fsp3) is 0.207. The summed E-state index contributed by atoms with van der Waals surface area (Å²) in [5, 5.41) is 5.96. The van der Waals surface area contributed by atoms with Crippen LogP contribution in [0.4, 0.5) is 11.4 Å². The molecule has 182 valence electrons. The summed E-state index contributed by atoms with van der Waals surface area (Å²) in [6, 6.07) is 19.0. The highest BCUT2D eigenvalue weighted by Crippen LogP contribution is 2.38. The van der Waals surface area contributed by atoms with Crippen molar-refractivity contribution in [1.29, 1.82) is 0 Å². The number of nitrogens with one attached hydrogen (secondary N) is 1. The Hall–Kier alpha value is -3.97. The van der Waals surface area contributed by atoms with Gasteiger partial charge in [-0.15, -0.1) is 11.3 Å². The molecule has 4 aromatic rings. The zero-order valence-electron chi connectivity index (χ0n) is 20.7. The van der Waals surface area contributed by atoms with E-state index in [4.69, 9.17) is 9.72 Å². The lowest BCUT2D eigenvalue weighted by Crippen LogP contribution is -2.49. The molecular weight excluding hydrogens is 470 g/mol. The molecule has 36 heavy (non-hydrogen) atoms. The lowest BCUT2D eigenvalue weighted by molar-refractivity contribution is -0.125. The predicted octanol–water partition coefficient (Wildman–Crippen LogP) is 6.15. The van der Waals surface area contributed by atoms with Crippen molar-refractivity contribution in [3.05, 3.63) is 82.7 Å². The van der Waals surface area contributed by atoms with Crippen LogP contribution in [0, 0.1) is 20.8 Å². The molecule has 5 rings (SSSR count). The smallest absolute Gasteiger partial charge is 0.265 e. The molecular formula is C29H27N3O3S. The van der Waals surface area contributed by atoms with E-state index < -0.39 is 6.04 Å². The van der Waals surface area contributed by atoms with E-state index in [1.54, 1.807) is 18.3 Å². The van der Waals surface area contributed by atoms with E-state index in [9.17, 15) is 9.59 Å². The summed E-state index contributed by atoms with van der Waals surface area (Å²) >= 11 is 1.57. The Labute approximate surface area is 214 Å². The van der Waals surface area contributed by atoms with E-state index in [0.717, 1.165) is 44.2 Å². The van der Waals surface area contributed by atoms with Gasteiger partial charge in [0.2, 0.25) is 5.91 Å². The maximum Gasteiger partial charge on any atom is 0.265 e. The second kappa shape index (κ2) is 9.59. The number of fused-ring (bicyclic) bond motifs is 1. The first-order valence-corrected chi connectivity index (χ1v) is 12.7. The number of nitrogens with zero attached hydrogens (tertiary/aromatic N) is 2. The van der Waals surface area contributed by atoms with Gasteiger partial charge in [-0.3, -0.25) is 14.5 Å². The molecule has 0 radical (unpaired) electrons. The fourth-order valence-corrected chi connectivity index (χ4v) is 5.43. The van der Waals surface area contributed by atoms with E-state index in [1.165, 1.54) is 4.90 Å².